The van der Waals surface area contributed by atoms with Crippen LogP contribution in [0.1, 0.15) is 30.2 Å². The third-order valence-corrected chi connectivity index (χ3v) is 8.55. The van der Waals surface area contributed by atoms with Crippen molar-refractivity contribution < 1.29 is 18.7 Å². The van der Waals surface area contributed by atoms with Crippen LogP contribution in [0.3, 0.4) is 0 Å². The summed E-state index contributed by atoms with van der Waals surface area (Å²) in [6.07, 6.45) is 6.07. The predicted octanol–water partition coefficient (Wildman–Crippen LogP) is 3.62. The molecular weight excluding hydrogens is 619 g/mol. The van der Waals surface area contributed by atoms with E-state index in [1.165, 1.54) is 29.1 Å². The first-order valence-electron chi connectivity index (χ1n) is 15.7. The van der Waals surface area contributed by atoms with Gasteiger partial charge in [-0.3, -0.25) is 24.0 Å². The fraction of sp³-hybridized carbons (Fsp3) is 0.294. The number of pyridine rings is 3. The first-order chi connectivity index (χ1) is 23.2. The van der Waals surface area contributed by atoms with Crippen LogP contribution >= 0.6 is 0 Å². The molecular formula is C34H33FN8O5. The number of hydrogen-bond donors (Lipinski definition) is 1. The minimum Gasteiger partial charge on any atom is -0.455 e. The SMILES string of the molecule is CC(C)n1cc(C(=O)Nc2ccc(Oc3ccnc4cnc(N5CCN(C6COC6)CC5)cc34)cn2)c(=O)n(-c2ccc(F)cc2)c1=O. The Hall–Kier alpha value is -5.47. The quantitative estimate of drug-likeness (QED) is 0.265. The van der Waals surface area contributed by atoms with Crippen molar-refractivity contribution >= 4 is 28.4 Å². The number of hydrogen-bond acceptors (Lipinski definition) is 10. The topological polar surface area (TPSA) is 137 Å². The Morgan fingerprint density at radius 1 is 0.979 bits per heavy atom. The summed E-state index contributed by atoms with van der Waals surface area (Å²) in [4.78, 5) is 57.9. The average molecular weight is 653 g/mol. The summed E-state index contributed by atoms with van der Waals surface area (Å²) in [5.74, 6) is 0.733. The smallest absolute Gasteiger partial charge is 0.335 e. The average Bonchev–Trinajstić information content (AvgIpc) is 3.06. The molecule has 0 aliphatic carbocycles. The molecule has 14 heteroatoms. The van der Waals surface area contributed by atoms with Crippen molar-refractivity contribution in [3.63, 3.8) is 0 Å². The summed E-state index contributed by atoms with van der Waals surface area (Å²) in [6.45, 7) is 8.73. The summed E-state index contributed by atoms with van der Waals surface area (Å²) in [7, 11) is 0. The maximum atomic E-state index is 13.5. The summed E-state index contributed by atoms with van der Waals surface area (Å²) in [5, 5.41) is 3.42. The second-order valence-electron chi connectivity index (χ2n) is 12.0. The molecule has 0 unspecified atom stereocenters. The van der Waals surface area contributed by atoms with E-state index >= 15 is 0 Å². The van der Waals surface area contributed by atoms with Crippen molar-refractivity contribution in [3.05, 3.63) is 106 Å². The number of carbonyl (C=O) groups excluding carboxylic acids is 1. The molecule has 48 heavy (non-hydrogen) atoms. The molecule has 0 spiro atoms. The lowest BCUT2D eigenvalue weighted by Crippen LogP contribution is -2.56. The van der Waals surface area contributed by atoms with Crippen LogP contribution in [-0.4, -0.2) is 80.3 Å². The van der Waals surface area contributed by atoms with Crippen LogP contribution < -0.4 is 26.2 Å². The fourth-order valence-corrected chi connectivity index (χ4v) is 5.77. The fourth-order valence-electron chi connectivity index (χ4n) is 5.77. The number of ether oxygens (including phenoxy) is 2. The molecule has 13 nitrogen and oxygen atoms in total. The Bertz CT molecular complexity index is 2090. The molecule has 0 radical (unpaired) electrons. The van der Waals surface area contributed by atoms with Crippen molar-refractivity contribution in [1.82, 2.24) is 29.0 Å². The van der Waals surface area contributed by atoms with Crippen molar-refractivity contribution in [3.8, 4) is 17.2 Å². The molecule has 5 aromatic rings. The third-order valence-electron chi connectivity index (χ3n) is 8.55. The number of halogens is 1. The maximum absolute atomic E-state index is 13.5. The van der Waals surface area contributed by atoms with Crippen LogP contribution in [-0.2, 0) is 4.74 Å². The van der Waals surface area contributed by atoms with Gasteiger partial charge in [-0.05, 0) is 62.4 Å². The lowest BCUT2D eigenvalue weighted by Gasteiger charge is -2.42. The van der Waals surface area contributed by atoms with E-state index in [0.717, 1.165) is 67.3 Å². The minimum atomic E-state index is -0.839. The van der Waals surface area contributed by atoms with Gasteiger partial charge in [-0.1, -0.05) is 0 Å². The number of nitrogens with zero attached hydrogens (tertiary/aromatic N) is 7. The highest BCUT2D eigenvalue weighted by atomic mass is 19.1. The highest BCUT2D eigenvalue weighted by molar-refractivity contribution is 6.03. The molecule has 2 fully saturated rings. The van der Waals surface area contributed by atoms with E-state index in [1.54, 1.807) is 44.4 Å². The molecule has 6 heterocycles. The lowest BCUT2D eigenvalue weighted by atomic mass is 10.1. The maximum Gasteiger partial charge on any atom is 0.335 e. The number of nitrogens with one attached hydrogen (secondary N) is 1. The Morgan fingerprint density at radius 2 is 1.75 bits per heavy atom. The van der Waals surface area contributed by atoms with Crippen molar-refractivity contribution in [1.29, 1.82) is 0 Å². The van der Waals surface area contributed by atoms with Gasteiger partial charge < -0.3 is 19.7 Å². The van der Waals surface area contributed by atoms with Crippen LogP contribution in [0.5, 0.6) is 11.5 Å². The predicted molar refractivity (Wildman–Crippen MR) is 177 cm³/mol. The Morgan fingerprint density at radius 3 is 2.42 bits per heavy atom. The number of piperazine rings is 1. The zero-order valence-electron chi connectivity index (χ0n) is 26.4. The van der Waals surface area contributed by atoms with E-state index < -0.39 is 23.0 Å². The van der Waals surface area contributed by atoms with Gasteiger partial charge in [-0.2, -0.15) is 0 Å². The molecule has 246 valence electrons. The number of aromatic nitrogens is 5. The molecule has 1 amide bonds. The summed E-state index contributed by atoms with van der Waals surface area (Å²) >= 11 is 0. The molecule has 4 aromatic heterocycles. The van der Waals surface area contributed by atoms with E-state index in [-0.39, 0.29) is 23.1 Å². The van der Waals surface area contributed by atoms with Gasteiger partial charge in [0.2, 0.25) is 0 Å². The number of anilines is 2. The highest BCUT2D eigenvalue weighted by Crippen LogP contribution is 2.31. The first-order valence-corrected chi connectivity index (χ1v) is 15.7. The second-order valence-corrected chi connectivity index (χ2v) is 12.0. The van der Waals surface area contributed by atoms with Gasteiger partial charge in [0.1, 0.15) is 34.5 Å². The van der Waals surface area contributed by atoms with E-state index in [2.05, 4.69) is 30.1 Å². The van der Waals surface area contributed by atoms with Crippen LogP contribution in [0.4, 0.5) is 16.0 Å². The van der Waals surface area contributed by atoms with Gasteiger partial charge in [0.15, 0.2) is 0 Å². The first kappa shape index (κ1) is 31.1. The Kier molecular flexibility index (Phi) is 8.41. The Labute approximate surface area is 274 Å². The standard InChI is InChI=1S/C34H33FN8O5/c1-21(2)42-18-27(33(45)43(34(42)46)23-5-3-22(35)4-6-23)32(44)39-30-8-7-25(16-37-30)48-29-9-10-36-28-17-38-31(15-26(28)29)41-13-11-40(12-14-41)24-19-47-20-24/h3-10,15-18,21,24H,11-14,19-20H2,1-2H3,(H,37,39,44). The zero-order valence-corrected chi connectivity index (χ0v) is 26.4. The normalized spacial score (nSPS) is 15.5. The van der Waals surface area contributed by atoms with Gasteiger partial charge in [0.25, 0.3) is 11.5 Å². The van der Waals surface area contributed by atoms with Crippen LogP contribution in [0, 0.1) is 5.82 Å². The third kappa shape index (κ3) is 6.14. The van der Waals surface area contributed by atoms with Crippen LogP contribution in [0.2, 0.25) is 0 Å². The van der Waals surface area contributed by atoms with Gasteiger partial charge in [-0.25, -0.2) is 23.7 Å². The molecule has 0 bridgehead atoms. The molecule has 1 N–H and O–H groups in total. The second kappa shape index (κ2) is 13.0. The zero-order chi connectivity index (χ0) is 33.4. The summed E-state index contributed by atoms with van der Waals surface area (Å²) in [5.41, 5.74) is -0.933. The van der Waals surface area contributed by atoms with E-state index in [0.29, 0.717) is 23.1 Å². The molecule has 7 rings (SSSR count). The number of fused-ring (bicyclic) bond motifs is 1. The van der Waals surface area contributed by atoms with E-state index in [1.807, 2.05) is 6.07 Å². The van der Waals surface area contributed by atoms with Crippen molar-refractivity contribution in [2.75, 3.05) is 49.6 Å². The van der Waals surface area contributed by atoms with E-state index in [9.17, 15) is 18.8 Å². The van der Waals surface area contributed by atoms with Crippen LogP contribution in [0.15, 0.2) is 82.9 Å². The molecule has 2 saturated heterocycles. The molecule has 0 saturated carbocycles. The van der Waals surface area contributed by atoms with Gasteiger partial charge in [0, 0.05) is 50.0 Å². The minimum absolute atomic E-state index is 0.142. The van der Waals surface area contributed by atoms with Crippen molar-refractivity contribution in [2.45, 2.75) is 25.9 Å². The molecule has 2 aliphatic rings. The highest BCUT2D eigenvalue weighted by Gasteiger charge is 2.29. The molecule has 1 aromatic carbocycles. The summed E-state index contributed by atoms with van der Waals surface area (Å²) < 4.78 is 27.2. The molecule has 2 aliphatic heterocycles. The van der Waals surface area contributed by atoms with Gasteiger partial charge >= 0.3 is 5.69 Å². The Balaban J connectivity index is 1.08. The number of rotatable bonds is 8. The van der Waals surface area contributed by atoms with Crippen molar-refractivity contribution in [2.24, 2.45) is 0 Å². The van der Waals surface area contributed by atoms with E-state index in [4.69, 9.17) is 9.47 Å². The van der Waals surface area contributed by atoms with Gasteiger partial charge in [0.05, 0.1) is 42.9 Å². The number of benzene rings is 1. The monoisotopic (exact) mass is 652 g/mol. The van der Waals surface area contributed by atoms with Gasteiger partial charge in [-0.15, -0.1) is 0 Å². The van der Waals surface area contributed by atoms with Crippen LogP contribution in [0.25, 0.3) is 16.6 Å². The molecule has 0 atom stereocenters. The summed E-state index contributed by atoms with van der Waals surface area (Å²) in [6, 6.07) is 12.0. The lowest BCUT2D eigenvalue weighted by molar-refractivity contribution is -0.0660. The largest absolute Gasteiger partial charge is 0.455 e. The number of carbonyl (C=O) groups is 1. The number of amides is 1.